The molecule has 0 bridgehead atoms. The Hall–Kier alpha value is -2.39. The molecule has 0 saturated heterocycles. The van der Waals surface area contributed by atoms with Crippen molar-refractivity contribution in [1.29, 1.82) is 0 Å². The fraction of sp³-hybridized carbons (Fsp3) is 0.200. The van der Waals surface area contributed by atoms with E-state index in [1.165, 1.54) is 22.6 Å². The van der Waals surface area contributed by atoms with Crippen LogP contribution in [0.3, 0.4) is 0 Å². The minimum absolute atomic E-state index is 0.0532. The normalized spacial score (nSPS) is 11.6. The molecule has 1 heterocycles. The number of carbonyl (C=O) groups excluding carboxylic acids is 1. The van der Waals surface area contributed by atoms with Crippen molar-refractivity contribution in [2.75, 3.05) is 18.4 Å². The third-order valence-electron chi connectivity index (χ3n) is 4.45. The van der Waals surface area contributed by atoms with Crippen LogP contribution in [0.4, 0.5) is 5.69 Å². The van der Waals surface area contributed by atoms with Gasteiger partial charge in [0, 0.05) is 30.0 Å². The van der Waals surface area contributed by atoms with Crippen LogP contribution in [-0.2, 0) is 10.0 Å². The monoisotopic (exact) mass is 466 g/mol. The molecule has 3 aromatic rings. The summed E-state index contributed by atoms with van der Waals surface area (Å²) in [6, 6.07) is 11.4. The van der Waals surface area contributed by atoms with Crippen LogP contribution in [0.2, 0.25) is 10.0 Å². The van der Waals surface area contributed by atoms with Gasteiger partial charge in [0.2, 0.25) is 10.0 Å². The van der Waals surface area contributed by atoms with E-state index < -0.39 is 15.9 Å². The number of aromatic nitrogens is 2. The van der Waals surface area contributed by atoms with E-state index in [1.54, 1.807) is 55.1 Å². The predicted molar refractivity (Wildman–Crippen MR) is 118 cm³/mol. The summed E-state index contributed by atoms with van der Waals surface area (Å²) >= 11 is 12.0. The van der Waals surface area contributed by atoms with Crippen LogP contribution in [0.5, 0.6) is 0 Å². The minimum atomic E-state index is -3.77. The number of hydrogen-bond acceptors (Lipinski definition) is 4. The highest BCUT2D eigenvalue weighted by atomic mass is 35.5. The van der Waals surface area contributed by atoms with Gasteiger partial charge in [-0.25, -0.2) is 13.1 Å². The van der Waals surface area contributed by atoms with Gasteiger partial charge in [0.15, 0.2) is 0 Å². The number of rotatable bonds is 7. The SMILES string of the molecule is CCN(CC)S(=O)(=O)c1cc(NC(=O)c2cnn(-c3ccc(Cl)cc3)c2)ccc1Cl. The van der Waals surface area contributed by atoms with Gasteiger partial charge in [-0.1, -0.05) is 37.0 Å². The third kappa shape index (κ3) is 4.67. The zero-order valence-electron chi connectivity index (χ0n) is 16.3. The van der Waals surface area contributed by atoms with Crippen molar-refractivity contribution < 1.29 is 13.2 Å². The van der Waals surface area contributed by atoms with Crippen molar-refractivity contribution >= 4 is 44.8 Å². The van der Waals surface area contributed by atoms with Gasteiger partial charge < -0.3 is 5.32 Å². The lowest BCUT2D eigenvalue weighted by molar-refractivity contribution is 0.102. The molecule has 1 N–H and O–H groups in total. The van der Waals surface area contributed by atoms with Crippen molar-refractivity contribution in [2.24, 2.45) is 0 Å². The molecule has 0 aliphatic carbocycles. The van der Waals surface area contributed by atoms with E-state index in [-0.39, 0.29) is 9.92 Å². The van der Waals surface area contributed by atoms with E-state index in [4.69, 9.17) is 23.2 Å². The number of benzene rings is 2. The number of nitrogens with zero attached hydrogens (tertiary/aromatic N) is 3. The number of halogens is 2. The molecule has 1 aromatic heterocycles. The molecule has 0 unspecified atom stereocenters. The maximum absolute atomic E-state index is 12.8. The lowest BCUT2D eigenvalue weighted by atomic mass is 10.3. The lowest BCUT2D eigenvalue weighted by Crippen LogP contribution is -2.30. The molecule has 0 aliphatic rings. The average molecular weight is 467 g/mol. The first kappa shape index (κ1) is 22.3. The standard InChI is InChI=1S/C20H20Cl2N4O3S/c1-3-25(4-2)30(28,29)19-11-16(7-10-18(19)22)24-20(27)14-12-23-26(13-14)17-8-5-15(21)6-9-17/h5-13H,3-4H2,1-2H3,(H,24,27). The van der Waals surface area contributed by atoms with Gasteiger partial charge in [0.1, 0.15) is 4.90 Å². The molecule has 2 aromatic carbocycles. The van der Waals surface area contributed by atoms with Crippen molar-refractivity contribution in [2.45, 2.75) is 18.7 Å². The Morgan fingerprint density at radius 3 is 2.40 bits per heavy atom. The van der Waals surface area contributed by atoms with Gasteiger partial charge in [-0.3, -0.25) is 4.79 Å². The highest BCUT2D eigenvalue weighted by Gasteiger charge is 2.25. The predicted octanol–water partition coefficient (Wildman–Crippen LogP) is 4.46. The molecule has 10 heteroatoms. The van der Waals surface area contributed by atoms with Gasteiger partial charge in [0.25, 0.3) is 5.91 Å². The molecule has 30 heavy (non-hydrogen) atoms. The first-order chi connectivity index (χ1) is 14.3. The summed E-state index contributed by atoms with van der Waals surface area (Å²) in [5.74, 6) is -0.427. The maximum Gasteiger partial charge on any atom is 0.258 e. The van der Waals surface area contributed by atoms with E-state index in [2.05, 4.69) is 10.4 Å². The molecule has 0 aliphatic heterocycles. The summed E-state index contributed by atoms with van der Waals surface area (Å²) in [7, 11) is -3.77. The molecule has 1 amide bonds. The second-order valence-corrected chi connectivity index (χ2v) is 9.09. The number of hydrogen-bond donors (Lipinski definition) is 1. The Morgan fingerprint density at radius 2 is 1.77 bits per heavy atom. The molecule has 0 fully saturated rings. The molecule has 158 valence electrons. The Bertz CT molecular complexity index is 1160. The van der Waals surface area contributed by atoms with Crippen LogP contribution >= 0.6 is 23.2 Å². The summed E-state index contributed by atoms with van der Waals surface area (Å²) < 4.78 is 28.5. The highest BCUT2D eigenvalue weighted by Crippen LogP contribution is 2.28. The Kier molecular flexibility index (Phi) is 6.82. The molecular weight excluding hydrogens is 447 g/mol. The van der Waals surface area contributed by atoms with Gasteiger partial charge in [-0.15, -0.1) is 0 Å². The van der Waals surface area contributed by atoms with Crippen LogP contribution in [0.1, 0.15) is 24.2 Å². The summed E-state index contributed by atoms with van der Waals surface area (Å²) in [6.07, 6.45) is 3.00. The number of amides is 1. The fourth-order valence-electron chi connectivity index (χ4n) is 2.86. The number of sulfonamides is 1. The number of carbonyl (C=O) groups is 1. The first-order valence-electron chi connectivity index (χ1n) is 9.18. The Labute approximate surface area is 185 Å². The smallest absolute Gasteiger partial charge is 0.258 e. The van der Waals surface area contributed by atoms with Crippen molar-refractivity contribution in [1.82, 2.24) is 14.1 Å². The van der Waals surface area contributed by atoms with Crippen LogP contribution in [0.25, 0.3) is 5.69 Å². The molecule has 7 nitrogen and oxygen atoms in total. The molecule has 0 saturated carbocycles. The van der Waals surface area contributed by atoms with E-state index in [1.807, 2.05) is 0 Å². The summed E-state index contributed by atoms with van der Waals surface area (Å²) in [4.78, 5) is 12.6. The van der Waals surface area contributed by atoms with Crippen LogP contribution < -0.4 is 5.32 Å². The van der Waals surface area contributed by atoms with Gasteiger partial charge in [-0.2, -0.15) is 9.40 Å². The van der Waals surface area contributed by atoms with Crippen LogP contribution in [0.15, 0.2) is 59.8 Å². The molecule has 3 rings (SSSR count). The van der Waals surface area contributed by atoms with Crippen LogP contribution in [0, 0.1) is 0 Å². The van der Waals surface area contributed by atoms with E-state index in [0.717, 1.165) is 5.69 Å². The number of nitrogens with one attached hydrogen (secondary N) is 1. The largest absolute Gasteiger partial charge is 0.322 e. The zero-order chi connectivity index (χ0) is 21.9. The van der Waals surface area contributed by atoms with Crippen molar-refractivity contribution in [3.05, 3.63) is 70.5 Å². The first-order valence-corrected chi connectivity index (χ1v) is 11.4. The Balaban J connectivity index is 1.83. The highest BCUT2D eigenvalue weighted by molar-refractivity contribution is 7.89. The van der Waals surface area contributed by atoms with E-state index >= 15 is 0 Å². The van der Waals surface area contributed by atoms with E-state index in [9.17, 15) is 13.2 Å². The second kappa shape index (κ2) is 9.18. The topological polar surface area (TPSA) is 84.3 Å². The van der Waals surface area contributed by atoms with Gasteiger partial charge in [0.05, 0.1) is 22.5 Å². The summed E-state index contributed by atoms with van der Waals surface area (Å²) in [6.45, 7) is 4.13. The minimum Gasteiger partial charge on any atom is -0.322 e. The molecular formula is C20H20Cl2N4O3S. The second-order valence-electron chi connectivity index (χ2n) is 6.34. The fourth-order valence-corrected chi connectivity index (χ4v) is 4.94. The van der Waals surface area contributed by atoms with Gasteiger partial charge in [-0.05, 0) is 42.5 Å². The summed E-state index contributed by atoms with van der Waals surface area (Å²) in [5.41, 5.74) is 1.37. The molecule has 0 radical (unpaired) electrons. The molecule has 0 spiro atoms. The summed E-state index contributed by atoms with van der Waals surface area (Å²) in [5, 5.41) is 7.57. The van der Waals surface area contributed by atoms with Crippen molar-refractivity contribution in [3.8, 4) is 5.69 Å². The third-order valence-corrected chi connectivity index (χ3v) is 7.23. The quantitative estimate of drug-likeness (QED) is 0.556. The lowest BCUT2D eigenvalue weighted by Gasteiger charge is -2.19. The Morgan fingerprint density at radius 1 is 1.10 bits per heavy atom. The molecule has 0 atom stereocenters. The van der Waals surface area contributed by atoms with Gasteiger partial charge >= 0.3 is 0 Å². The van der Waals surface area contributed by atoms with Crippen molar-refractivity contribution in [3.63, 3.8) is 0 Å². The average Bonchev–Trinajstić information content (AvgIpc) is 3.21. The number of anilines is 1. The van der Waals surface area contributed by atoms with Crippen LogP contribution in [-0.4, -0.2) is 41.5 Å². The maximum atomic E-state index is 12.8. The van der Waals surface area contributed by atoms with E-state index in [0.29, 0.717) is 29.4 Å². The zero-order valence-corrected chi connectivity index (χ0v) is 18.7.